The zero-order valence-electron chi connectivity index (χ0n) is 14.5. The molecule has 0 saturated carbocycles. The molecule has 2 fully saturated rings. The van der Waals surface area contributed by atoms with Crippen LogP contribution < -0.4 is 9.47 Å². The second kappa shape index (κ2) is 7.19. The fourth-order valence-electron chi connectivity index (χ4n) is 3.69. The molecule has 2 saturated heterocycles. The molecule has 2 atom stereocenters. The number of ether oxygens (including phenoxy) is 2. The number of rotatable bonds is 5. The van der Waals surface area contributed by atoms with Crippen LogP contribution in [0.1, 0.15) is 32.3 Å². The van der Waals surface area contributed by atoms with Gasteiger partial charge < -0.3 is 14.4 Å². The largest absolute Gasteiger partial charge is 0.493 e. The number of fused-ring (bicyclic) bond motifs is 1. The lowest BCUT2D eigenvalue weighted by atomic mass is 10.1. The van der Waals surface area contributed by atoms with Crippen LogP contribution in [0.2, 0.25) is 5.02 Å². The van der Waals surface area contributed by atoms with Crippen molar-refractivity contribution in [2.45, 2.75) is 45.3 Å². The van der Waals surface area contributed by atoms with Crippen LogP contribution in [0.25, 0.3) is 0 Å². The van der Waals surface area contributed by atoms with Crippen molar-refractivity contribution in [2.75, 3.05) is 26.8 Å². The highest BCUT2D eigenvalue weighted by atomic mass is 35.5. The minimum absolute atomic E-state index is 0.118. The molecule has 2 aliphatic heterocycles. The second-order valence-electron chi connectivity index (χ2n) is 6.46. The van der Waals surface area contributed by atoms with E-state index in [2.05, 4.69) is 4.90 Å². The quantitative estimate of drug-likeness (QED) is 0.817. The van der Waals surface area contributed by atoms with Gasteiger partial charge in [0.15, 0.2) is 11.5 Å². The molecule has 2 heterocycles. The SMILES string of the molecule is CCOc1cc(CN2C[C@@H]3CCCN3C(=O)[C@@H]2C)c(Cl)cc1OC. The van der Waals surface area contributed by atoms with Gasteiger partial charge in [0.25, 0.3) is 0 Å². The minimum atomic E-state index is -0.118. The number of methoxy groups -OCH3 is 1. The first-order chi connectivity index (χ1) is 11.5. The molecule has 6 heteroatoms. The van der Waals surface area contributed by atoms with Gasteiger partial charge >= 0.3 is 0 Å². The van der Waals surface area contributed by atoms with Crippen LogP contribution in [-0.4, -0.2) is 54.6 Å². The number of nitrogens with zero attached hydrogens (tertiary/aromatic N) is 2. The van der Waals surface area contributed by atoms with Crippen LogP contribution in [0.4, 0.5) is 0 Å². The van der Waals surface area contributed by atoms with E-state index >= 15 is 0 Å². The van der Waals surface area contributed by atoms with E-state index in [1.54, 1.807) is 13.2 Å². The maximum atomic E-state index is 12.6. The Labute approximate surface area is 148 Å². The minimum Gasteiger partial charge on any atom is -0.493 e. The van der Waals surface area contributed by atoms with Gasteiger partial charge in [-0.3, -0.25) is 9.69 Å². The van der Waals surface area contributed by atoms with Crippen molar-refractivity contribution in [3.8, 4) is 11.5 Å². The van der Waals surface area contributed by atoms with Crippen LogP contribution in [0.5, 0.6) is 11.5 Å². The van der Waals surface area contributed by atoms with Gasteiger partial charge in [-0.25, -0.2) is 0 Å². The van der Waals surface area contributed by atoms with Crippen molar-refractivity contribution in [1.82, 2.24) is 9.80 Å². The summed E-state index contributed by atoms with van der Waals surface area (Å²) in [5, 5.41) is 0.642. The maximum absolute atomic E-state index is 12.6. The Morgan fingerprint density at radius 3 is 2.83 bits per heavy atom. The first-order valence-electron chi connectivity index (χ1n) is 8.58. The van der Waals surface area contributed by atoms with E-state index in [0.717, 1.165) is 31.5 Å². The molecule has 0 unspecified atom stereocenters. The Morgan fingerprint density at radius 2 is 2.12 bits per heavy atom. The van der Waals surface area contributed by atoms with E-state index in [9.17, 15) is 4.79 Å². The Morgan fingerprint density at radius 1 is 1.33 bits per heavy atom. The highest BCUT2D eigenvalue weighted by Crippen LogP contribution is 2.35. The Hall–Kier alpha value is -1.46. The summed E-state index contributed by atoms with van der Waals surface area (Å²) in [6.07, 6.45) is 2.20. The number of hydrogen-bond acceptors (Lipinski definition) is 4. The van der Waals surface area contributed by atoms with Crippen LogP contribution in [0, 0.1) is 0 Å². The molecule has 5 nitrogen and oxygen atoms in total. The van der Waals surface area contributed by atoms with Gasteiger partial charge in [-0.1, -0.05) is 11.6 Å². The van der Waals surface area contributed by atoms with Crippen molar-refractivity contribution in [1.29, 1.82) is 0 Å². The average molecular weight is 353 g/mol. The van der Waals surface area contributed by atoms with Gasteiger partial charge in [0, 0.05) is 36.8 Å². The molecular formula is C18H25ClN2O3. The van der Waals surface area contributed by atoms with Crippen molar-refractivity contribution in [3.63, 3.8) is 0 Å². The number of piperazine rings is 1. The number of hydrogen-bond donors (Lipinski definition) is 0. The summed E-state index contributed by atoms with van der Waals surface area (Å²) in [6.45, 7) is 6.93. The standard InChI is InChI=1S/C18H25ClN2O3/c1-4-24-17-8-13(15(19)9-16(17)23-3)10-20-11-14-6-5-7-21(14)18(22)12(20)2/h8-9,12,14H,4-7,10-11H2,1-3H3/t12-,14-/m0/s1. The summed E-state index contributed by atoms with van der Waals surface area (Å²) < 4.78 is 11.0. The monoisotopic (exact) mass is 352 g/mol. The van der Waals surface area contributed by atoms with Gasteiger partial charge in [0.1, 0.15) is 0 Å². The second-order valence-corrected chi connectivity index (χ2v) is 6.87. The Balaban J connectivity index is 1.82. The molecule has 0 spiro atoms. The van der Waals surface area contributed by atoms with Crippen molar-refractivity contribution in [3.05, 3.63) is 22.7 Å². The highest BCUT2D eigenvalue weighted by molar-refractivity contribution is 6.31. The van der Waals surface area contributed by atoms with E-state index in [4.69, 9.17) is 21.1 Å². The first-order valence-corrected chi connectivity index (χ1v) is 8.96. The third kappa shape index (κ3) is 3.20. The lowest BCUT2D eigenvalue weighted by Crippen LogP contribution is -2.58. The smallest absolute Gasteiger partial charge is 0.239 e. The van der Waals surface area contributed by atoms with Crippen LogP contribution in [0.15, 0.2) is 12.1 Å². The average Bonchev–Trinajstić information content (AvgIpc) is 3.03. The van der Waals surface area contributed by atoms with E-state index in [1.165, 1.54) is 0 Å². The van der Waals surface area contributed by atoms with E-state index in [1.807, 2.05) is 24.8 Å². The lowest BCUT2D eigenvalue weighted by Gasteiger charge is -2.41. The summed E-state index contributed by atoms with van der Waals surface area (Å²) in [5.41, 5.74) is 0.965. The van der Waals surface area contributed by atoms with Gasteiger partial charge in [-0.2, -0.15) is 0 Å². The Kier molecular flexibility index (Phi) is 5.21. The molecule has 24 heavy (non-hydrogen) atoms. The van der Waals surface area contributed by atoms with Crippen LogP contribution in [0.3, 0.4) is 0 Å². The number of benzene rings is 1. The van der Waals surface area contributed by atoms with Crippen molar-refractivity contribution < 1.29 is 14.3 Å². The fourth-order valence-corrected chi connectivity index (χ4v) is 3.90. The summed E-state index contributed by atoms with van der Waals surface area (Å²) in [4.78, 5) is 16.8. The molecule has 1 amide bonds. The van der Waals surface area contributed by atoms with E-state index < -0.39 is 0 Å². The number of amides is 1. The molecule has 0 aromatic heterocycles. The molecule has 132 valence electrons. The third-order valence-electron chi connectivity index (χ3n) is 5.02. The molecule has 0 aliphatic carbocycles. The summed E-state index contributed by atoms with van der Waals surface area (Å²) in [6, 6.07) is 3.95. The zero-order valence-corrected chi connectivity index (χ0v) is 15.3. The molecule has 0 N–H and O–H groups in total. The first kappa shape index (κ1) is 17.4. The normalized spacial score (nSPS) is 24.2. The zero-order chi connectivity index (χ0) is 17.3. The van der Waals surface area contributed by atoms with E-state index in [-0.39, 0.29) is 11.9 Å². The molecule has 0 radical (unpaired) electrons. The molecule has 1 aromatic carbocycles. The molecule has 1 aromatic rings. The van der Waals surface area contributed by atoms with E-state index in [0.29, 0.717) is 35.7 Å². The van der Waals surface area contributed by atoms with Gasteiger partial charge in [0.05, 0.1) is 19.8 Å². The van der Waals surface area contributed by atoms with Crippen LogP contribution >= 0.6 is 11.6 Å². The molecule has 2 aliphatic rings. The lowest BCUT2D eigenvalue weighted by molar-refractivity contribution is -0.143. The summed E-state index contributed by atoms with van der Waals surface area (Å²) in [7, 11) is 1.61. The fraction of sp³-hybridized carbons (Fsp3) is 0.611. The van der Waals surface area contributed by atoms with Crippen molar-refractivity contribution >= 4 is 17.5 Å². The maximum Gasteiger partial charge on any atom is 0.239 e. The predicted molar refractivity (Wildman–Crippen MR) is 93.8 cm³/mol. The van der Waals surface area contributed by atoms with Crippen molar-refractivity contribution in [2.24, 2.45) is 0 Å². The number of carbonyl (C=O) groups is 1. The molecular weight excluding hydrogens is 328 g/mol. The van der Waals surface area contributed by atoms with Gasteiger partial charge in [-0.15, -0.1) is 0 Å². The highest BCUT2D eigenvalue weighted by Gasteiger charge is 2.40. The van der Waals surface area contributed by atoms with Crippen LogP contribution in [-0.2, 0) is 11.3 Å². The summed E-state index contributed by atoms with van der Waals surface area (Å²) >= 11 is 6.44. The topological polar surface area (TPSA) is 42.0 Å². The summed E-state index contributed by atoms with van der Waals surface area (Å²) in [5.74, 6) is 1.56. The third-order valence-corrected chi connectivity index (χ3v) is 5.37. The predicted octanol–water partition coefficient (Wildman–Crippen LogP) is 2.94. The van der Waals surface area contributed by atoms with Gasteiger partial charge in [0.2, 0.25) is 5.91 Å². The van der Waals surface area contributed by atoms with Gasteiger partial charge in [-0.05, 0) is 38.3 Å². The molecule has 0 bridgehead atoms. The number of halogens is 1. The number of carbonyl (C=O) groups excluding carboxylic acids is 1. The Bertz CT molecular complexity index is 623. The molecule has 3 rings (SSSR count).